The van der Waals surface area contributed by atoms with Crippen molar-refractivity contribution in [2.75, 3.05) is 25.4 Å². The third kappa shape index (κ3) is 5.99. The highest BCUT2D eigenvalue weighted by Gasteiger charge is 2.22. The molecule has 2 N–H and O–H groups in total. The van der Waals surface area contributed by atoms with Crippen molar-refractivity contribution in [2.24, 2.45) is 0 Å². The minimum Gasteiger partial charge on any atom is -0.350 e. The maximum absolute atomic E-state index is 12.8. The zero-order valence-electron chi connectivity index (χ0n) is 16.8. The molecule has 10 heteroatoms. The van der Waals surface area contributed by atoms with Gasteiger partial charge in [0.2, 0.25) is 0 Å². The molecule has 1 atom stereocenters. The second kappa shape index (κ2) is 10.0. The van der Waals surface area contributed by atoms with Gasteiger partial charge in [-0.2, -0.15) is 0 Å². The Bertz CT molecular complexity index is 1150. The first-order chi connectivity index (χ1) is 14.7. The number of carbonyl (C=O) groups excluding carboxylic acids is 1. The van der Waals surface area contributed by atoms with Crippen LogP contribution in [0.2, 0.25) is 10.0 Å². The summed E-state index contributed by atoms with van der Waals surface area (Å²) in [6.45, 7) is 0.375. The molecule has 164 valence electrons. The number of hydrogen-bond donors (Lipinski definition) is 2. The zero-order valence-corrected chi connectivity index (χ0v) is 19.9. The molecule has 2 aromatic carbocycles. The highest BCUT2D eigenvalue weighted by atomic mass is 35.5. The van der Waals surface area contributed by atoms with Crippen LogP contribution in [0.1, 0.15) is 21.3 Å². The highest BCUT2D eigenvalue weighted by molar-refractivity contribution is 7.92. The number of sulfonamides is 1. The molecule has 1 heterocycles. The number of thiophene rings is 1. The molecule has 6 nitrogen and oxygen atoms in total. The van der Waals surface area contributed by atoms with Crippen molar-refractivity contribution in [1.82, 2.24) is 10.2 Å². The van der Waals surface area contributed by atoms with Crippen LogP contribution in [-0.4, -0.2) is 39.9 Å². The molecule has 0 radical (unpaired) electrons. The van der Waals surface area contributed by atoms with Gasteiger partial charge in [0.1, 0.15) is 4.90 Å². The van der Waals surface area contributed by atoms with Crippen molar-refractivity contribution in [3.05, 3.63) is 80.5 Å². The summed E-state index contributed by atoms with van der Waals surface area (Å²) in [5, 5.41) is 5.36. The van der Waals surface area contributed by atoms with Gasteiger partial charge in [-0.3, -0.25) is 9.52 Å². The van der Waals surface area contributed by atoms with Crippen LogP contribution in [0, 0.1) is 0 Å². The van der Waals surface area contributed by atoms with Gasteiger partial charge in [-0.1, -0.05) is 29.3 Å². The number of hydrogen-bond acceptors (Lipinski definition) is 5. The van der Waals surface area contributed by atoms with Crippen molar-refractivity contribution >= 4 is 56.2 Å². The molecule has 0 fully saturated rings. The summed E-state index contributed by atoms with van der Waals surface area (Å²) >= 11 is 13.6. The van der Waals surface area contributed by atoms with E-state index in [0.29, 0.717) is 17.3 Å². The lowest BCUT2D eigenvalue weighted by atomic mass is 10.2. The fourth-order valence-corrected chi connectivity index (χ4v) is 5.52. The molecule has 0 aliphatic rings. The first-order valence-corrected chi connectivity index (χ1v) is 12.4. The number of benzene rings is 2. The Hall–Kier alpha value is -2.10. The lowest BCUT2D eigenvalue weighted by Gasteiger charge is -2.23. The van der Waals surface area contributed by atoms with Crippen molar-refractivity contribution in [2.45, 2.75) is 10.9 Å². The Morgan fingerprint density at radius 2 is 1.81 bits per heavy atom. The molecule has 0 aliphatic carbocycles. The number of halogens is 2. The maximum atomic E-state index is 12.8. The number of anilines is 1. The topological polar surface area (TPSA) is 78.5 Å². The lowest BCUT2D eigenvalue weighted by molar-refractivity contribution is 0.0942. The molecule has 3 aromatic rings. The van der Waals surface area contributed by atoms with Gasteiger partial charge >= 0.3 is 0 Å². The normalized spacial score (nSPS) is 12.5. The third-order valence-corrected chi connectivity index (χ3v) is 7.62. The average molecular weight is 498 g/mol. The van der Waals surface area contributed by atoms with Gasteiger partial charge < -0.3 is 10.2 Å². The molecular weight excluding hydrogens is 477 g/mol. The van der Waals surface area contributed by atoms with Gasteiger partial charge in [0.15, 0.2) is 0 Å². The van der Waals surface area contributed by atoms with Crippen LogP contribution in [0.25, 0.3) is 0 Å². The number of rotatable bonds is 8. The molecule has 0 saturated heterocycles. The van der Waals surface area contributed by atoms with E-state index in [-0.39, 0.29) is 27.4 Å². The van der Waals surface area contributed by atoms with Gasteiger partial charge in [0, 0.05) is 27.7 Å². The number of nitrogens with one attached hydrogen (secondary N) is 2. The Morgan fingerprint density at radius 1 is 1.10 bits per heavy atom. The summed E-state index contributed by atoms with van der Waals surface area (Å²) in [5.41, 5.74) is 0.532. The first kappa shape index (κ1) is 23.6. The van der Waals surface area contributed by atoms with Crippen LogP contribution in [0.15, 0.2) is 64.9 Å². The molecule has 0 bridgehead atoms. The van der Waals surface area contributed by atoms with Gasteiger partial charge in [0.05, 0.1) is 11.1 Å². The van der Waals surface area contributed by atoms with Crippen LogP contribution in [-0.2, 0) is 10.0 Å². The standard InChI is InChI=1S/C21H21Cl2N3O3S2/c1-26(2)18(19-4-3-11-30-19)13-24-21(27)14-5-10-17(23)20(12-14)31(28,29)25-16-8-6-15(22)7-9-16/h3-12,18,25H,13H2,1-2H3,(H,24,27). The number of likely N-dealkylation sites (N-methyl/N-ethyl adjacent to an activating group) is 1. The van der Waals surface area contributed by atoms with E-state index in [1.54, 1.807) is 23.5 Å². The minimum absolute atomic E-state index is 0.00558. The summed E-state index contributed by atoms with van der Waals surface area (Å²) in [5.74, 6) is -0.386. The van der Waals surface area contributed by atoms with Crippen LogP contribution in [0.3, 0.4) is 0 Å². The van der Waals surface area contributed by atoms with Gasteiger partial charge in [-0.05, 0) is 68.0 Å². The molecule has 1 amide bonds. The summed E-state index contributed by atoms with van der Waals surface area (Å²) in [4.78, 5) is 15.7. The summed E-state index contributed by atoms with van der Waals surface area (Å²) < 4.78 is 28.1. The third-order valence-electron chi connectivity index (χ3n) is 4.53. The molecule has 1 aromatic heterocycles. The molecule has 31 heavy (non-hydrogen) atoms. The SMILES string of the molecule is CN(C)C(CNC(=O)c1ccc(Cl)c(S(=O)(=O)Nc2ccc(Cl)cc2)c1)c1cccs1. The van der Waals surface area contributed by atoms with E-state index in [4.69, 9.17) is 23.2 Å². The number of carbonyl (C=O) groups is 1. The molecular formula is C21H21Cl2N3O3S2. The molecule has 0 saturated carbocycles. The van der Waals surface area contributed by atoms with E-state index in [1.165, 1.54) is 30.3 Å². The quantitative estimate of drug-likeness (QED) is 0.464. The Kier molecular flexibility index (Phi) is 7.61. The fourth-order valence-electron chi connectivity index (χ4n) is 2.89. The van der Waals surface area contributed by atoms with E-state index in [0.717, 1.165) is 4.88 Å². The van der Waals surface area contributed by atoms with Crippen molar-refractivity contribution in [1.29, 1.82) is 0 Å². The average Bonchev–Trinajstić information content (AvgIpc) is 3.24. The van der Waals surface area contributed by atoms with E-state index in [2.05, 4.69) is 10.0 Å². The predicted molar refractivity (Wildman–Crippen MR) is 127 cm³/mol. The van der Waals surface area contributed by atoms with Crippen LogP contribution < -0.4 is 10.0 Å². The fraction of sp³-hybridized carbons (Fsp3) is 0.190. The molecule has 1 unspecified atom stereocenters. The molecule has 0 spiro atoms. The second-order valence-corrected chi connectivity index (χ2v) is 10.4. The second-order valence-electron chi connectivity index (χ2n) is 6.96. The van der Waals surface area contributed by atoms with Gasteiger partial charge in [-0.25, -0.2) is 8.42 Å². The van der Waals surface area contributed by atoms with Crippen molar-refractivity contribution in [3.63, 3.8) is 0 Å². The van der Waals surface area contributed by atoms with Crippen LogP contribution in [0.5, 0.6) is 0 Å². The predicted octanol–water partition coefficient (Wildman–Crippen LogP) is 4.89. The van der Waals surface area contributed by atoms with E-state index < -0.39 is 10.0 Å². The Morgan fingerprint density at radius 3 is 2.42 bits per heavy atom. The van der Waals surface area contributed by atoms with Crippen molar-refractivity contribution in [3.8, 4) is 0 Å². The van der Waals surface area contributed by atoms with Crippen LogP contribution in [0.4, 0.5) is 5.69 Å². The van der Waals surface area contributed by atoms with E-state index in [1.807, 2.05) is 36.5 Å². The summed E-state index contributed by atoms with van der Waals surface area (Å²) in [6, 6.07) is 14.4. The highest BCUT2D eigenvalue weighted by Crippen LogP contribution is 2.26. The van der Waals surface area contributed by atoms with Crippen LogP contribution >= 0.6 is 34.5 Å². The smallest absolute Gasteiger partial charge is 0.263 e. The largest absolute Gasteiger partial charge is 0.350 e. The monoisotopic (exact) mass is 497 g/mol. The number of nitrogens with zero attached hydrogens (tertiary/aromatic N) is 1. The first-order valence-electron chi connectivity index (χ1n) is 9.23. The van der Waals surface area contributed by atoms with Gasteiger partial charge in [-0.15, -0.1) is 11.3 Å². The zero-order chi connectivity index (χ0) is 22.6. The molecule has 3 rings (SSSR count). The lowest BCUT2D eigenvalue weighted by Crippen LogP contribution is -2.34. The number of amides is 1. The Balaban J connectivity index is 1.78. The van der Waals surface area contributed by atoms with E-state index >= 15 is 0 Å². The molecule has 0 aliphatic heterocycles. The maximum Gasteiger partial charge on any atom is 0.263 e. The minimum atomic E-state index is -4.00. The summed E-state index contributed by atoms with van der Waals surface area (Å²) in [6.07, 6.45) is 0. The Labute approximate surface area is 195 Å². The van der Waals surface area contributed by atoms with Gasteiger partial charge in [0.25, 0.3) is 15.9 Å². The van der Waals surface area contributed by atoms with E-state index in [9.17, 15) is 13.2 Å². The van der Waals surface area contributed by atoms with Crippen molar-refractivity contribution < 1.29 is 13.2 Å². The summed E-state index contributed by atoms with van der Waals surface area (Å²) in [7, 11) is -0.132.